The first-order valence-corrected chi connectivity index (χ1v) is 7.76. The molecule has 3 heterocycles. The summed E-state index contributed by atoms with van der Waals surface area (Å²) in [6.45, 7) is 0.119. The highest BCUT2D eigenvalue weighted by atomic mass is 35.5. The molecule has 24 heavy (non-hydrogen) atoms. The minimum Gasteiger partial charge on any atom is -0.355 e. The van der Waals surface area contributed by atoms with Crippen molar-refractivity contribution in [2.45, 2.75) is 19.0 Å². The maximum absolute atomic E-state index is 13.0. The number of hydrogen-bond acceptors (Lipinski definition) is 4. The molecular weight excluding hydrogens is 345 g/mol. The molecule has 2 aromatic heterocycles. The summed E-state index contributed by atoms with van der Waals surface area (Å²) in [6, 6.07) is 3.29. The third-order valence-corrected chi connectivity index (χ3v) is 4.32. The monoisotopic (exact) mass is 358 g/mol. The summed E-state index contributed by atoms with van der Waals surface area (Å²) in [5.74, 6) is -1.12. The number of alkyl halides is 3. The lowest BCUT2D eigenvalue weighted by Gasteiger charge is -2.34. The molecule has 1 aliphatic rings. The van der Waals surface area contributed by atoms with Crippen LogP contribution >= 0.6 is 11.6 Å². The van der Waals surface area contributed by atoms with E-state index in [1.54, 1.807) is 12.1 Å². The molecule has 0 saturated carbocycles. The van der Waals surface area contributed by atoms with Gasteiger partial charge in [0.25, 0.3) is 5.56 Å². The van der Waals surface area contributed by atoms with Gasteiger partial charge < -0.3 is 9.88 Å². The molecule has 0 aromatic carbocycles. The third-order valence-electron chi connectivity index (χ3n) is 3.98. The Bertz CT molecular complexity index is 779. The number of pyridine rings is 1. The van der Waals surface area contributed by atoms with E-state index in [-0.39, 0.29) is 29.6 Å². The van der Waals surface area contributed by atoms with Crippen LogP contribution in [0.4, 0.5) is 19.0 Å². The number of piperidine rings is 1. The van der Waals surface area contributed by atoms with Crippen molar-refractivity contribution in [3.05, 3.63) is 39.9 Å². The van der Waals surface area contributed by atoms with Gasteiger partial charge in [-0.2, -0.15) is 13.2 Å². The van der Waals surface area contributed by atoms with Crippen LogP contribution in [0.5, 0.6) is 0 Å². The van der Waals surface area contributed by atoms with E-state index in [0.29, 0.717) is 18.5 Å². The number of nitrogens with zero attached hydrogens (tertiary/aromatic N) is 3. The fourth-order valence-electron chi connectivity index (χ4n) is 2.74. The standard InChI is InChI=1S/C15H14ClF3N4O/c16-11-13(23-7-1-2-10(8-23)15(17,18)19)21-12(22-14(11)24)9-3-5-20-6-4-9/h3-6,10H,1-2,7-8H2,(H,21,22,24). The summed E-state index contributed by atoms with van der Waals surface area (Å²) in [7, 11) is 0. The lowest BCUT2D eigenvalue weighted by Crippen LogP contribution is -2.42. The number of aromatic nitrogens is 3. The molecule has 1 aliphatic heterocycles. The maximum Gasteiger partial charge on any atom is 0.393 e. The largest absolute Gasteiger partial charge is 0.393 e. The van der Waals surface area contributed by atoms with Gasteiger partial charge in [0, 0.05) is 31.0 Å². The number of nitrogens with one attached hydrogen (secondary N) is 1. The van der Waals surface area contributed by atoms with Gasteiger partial charge in [0.1, 0.15) is 10.8 Å². The average molecular weight is 359 g/mol. The Morgan fingerprint density at radius 1 is 1.29 bits per heavy atom. The van der Waals surface area contributed by atoms with E-state index in [0.717, 1.165) is 0 Å². The highest BCUT2D eigenvalue weighted by molar-refractivity contribution is 6.32. The van der Waals surface area contributed by atoms with Crippen molar-refractivity contribution < 1.29 is 13.2 Å². The molecular formula is C15H14ClF3N4O. The molecule has 5 nitrogen and oxygen atoms in total. The van der Waals surface area contributed by atoms with Crippen LogP contribution in [0.3, 0.4) is 0 Å². The minimum atomic E-state index is -4.28. The fraction of sp³-hybridized carbons (Fsp3) is 0.400. The highest BCUT2D eigenvalue weighted by Gasteiger charge is 2.42. The van der Waals surface area contributed by atoms with Crippen LogP contribution in [0.2, 0.25) is 5.02 Å². The zero-order valence-electron chi connectivity index (χ0n) is 12.5. The van der Waals surface area contributed by atoms with E-state index < -0.39 is 17.7 Å². The van der Waals surface area contributed by atoms with Crippen molar-refractivity contribution in [1.82, 2.24) is 15.0 Å². The molecule has 2 aromatic rings. The van der Waals surface area contributed by atoms with Gasteiger partial charge in [0.15, 0.2) is 5.82 Å². The third kappa shape index (κ3) is 3.38. The van der Waals surface area contributed by atoms with Gasteiger partial charge in [-0.25, -0.2) is 4.98 Å². The van der Waals surface area contributed by atoms with Gasteiger partial charge in [-0.3, -0.25) is 9.78 Å². The molecule has 1 unspecified atom stereocenters. The second kappa shape index (κ2) is 6.43. The quantitative estimate of drug-likeness (QED) is 0.895. The molecule has 0 spiro atoms. The van der Waals surface area contributed by atoms with Gasteiger partial charge in [-0.1, -0.05) is 11.6 Å². The van der Waals surface area contributed by atoms with Gasteiger partial charge in [-0.15, -0.1) is 0 Å². The number of halogens is 4. The van der Waals surface area contributed by atoms with E-state index in [1.807, 2.05) is 0 Å². The van der Waals surface area contributed by atoms with Crippen molar-refractivity contribution in [2.75, 3.05) is 18.0 Å². The number of hydrogen-bond donors (Lipinski definition) is 1. The first-order valence-electron chi connectivity index (χ1n) is 7.38. The van der Waals surface area contributed by atoms with Crippen molar-refractivity contribution in [1.29, 1.82) is 0 Å². The van der Waals surface area contributed by atoms with Gasteiger partial charge in [-0.05, 0) is 25.0 Å². The zero-order valence-corrected chi connectivity index (χ0v) is 13.2. The van der Waals surface area contributed by atoms with Gasteiger partial charge >= 0.3 is 6.18 Å². The fourth-order valence-corrected chi connectivity index (χ4v) is 2.95. The second-order valence-corrected chi connectivity index (χ2v) is 5.99. The zero-order chi connectivity index (χ0) is 17.3. The van der Waals surface area contributed by atoms with E-state index in [9.17, 15) is 18.0 Å². The normalized spacial score (nSPS) is 18.7. The first-order chi connectivity index (χ1) is 11.4. The lowest BCUT2D eigenvalue weighted by molar-refractivity contribution is -0.176. The molecule has 1 saturated heterocycles. The van der Waals surface area contributed by atoms with Crippen molar-refractivity contribution in [2.24, 2.45) is 5.92 Å². The van der Waals surface area contributed by atoms with Gasteiger partial charge in [0.2, 0.25) is 0 Å². The van der Waals surface area contributed by atoms with Crippen LogP contribution in [0, 0.1) is 5.92 Å². The summed E-state index contributed by atoms with van der Waals surface area (Å²) in [6.07, 6.45) is -0.785. The summed E-state index contributed by atoms with van der Waals surface area (Å²) in [5, 5.41) is -0.198. The number of H-pyrrole nitrogens is 1. The van der Waals surface area contributed by atoms with E-state index in [1.165, 1.54) is 17.3 Å². The molecule has 0 radical (unpaired) electrons. The van der Waals surface area contributed by atoms with Crippen LogP contribution in [0.15, 0.2) is 29.3 Å². The Labute approximate surface area is 140 Å². The van der Waals surface area contributed by atoms with E-state index >= 15 is 0 Å². The Morgan fingerprint density at radius 3 is 2.67 bits per heavy atom. The van der Waals surface area contributed by atoms with Crippen LogP contribution in [0.1, 0.15) is 12.8 Å². The molecule has 0 bridgehead atoms. The van der Waals surface area contributed by atoms with Crippen molar-refractivity contribution in [3.63, 3.8) is 0 Å². The predicted molar refractivity (Wildman–Crippen MR) is 84.1 cm³/mol. The van der Waals surface area contributed by atoms with E-state index in [2.05, 4.69) is 15.0 Å². The second-order valence-electron chi connectivity index (χ2n) is 5.61. The Balaban J connectivity index is 1.98. The van der Waals surface area contributed by atoms with Crippen LogP contribution in [-0.2, 0) is 0 Å². The topological polar surface area (TPSA) is 61.9 Å². The smallest absolute Gasteiger partial charge is 0.355 e. The first kappa shape index (κ1) is 16.8. The SMILES string of the molecule is O=c1[nH]c(-c2ccncc2)nc(N2CCCC(C(F)(F)F)C2)c1Cl. The average Bonchev–Trinajstić information content (AvgIpc) is 2.57. The number of aromatic amines is 1. The van der Waals surface area contributed by atoms with E-state index in [4.69, 9.17) is 11.6 Å². The Hall–Kier alpha value is -2.09. The van der Waals surface area contributed by atoms with Crippen LogP contribution in [0.25, 0.3) is 11.4 Å². The summed E-state index contributed by atoms with van der Waals surface area (Å²) in [4.78, 5) is 24.2. The maximum atomic E-state index is 13.0. The summed E-state index contributed by atoms with van der Waals surface area (Å²) < 4.78 is 39.0. The number of anilines is 1. The predicted octanol–water partition coefficient (Wildman–Crippen LogP) is 3.26. The summed E-state index contributed by atoms with van der Waals surface area (Å²) >= 11 is 6.01. The molecule has 0 amide bonds. The van der Waals surface area contributed by atoms with Crippen LogP contribution < -0.4 is 10.5 Å². The molecule has 1 N–H and O–H groups in total. The van der Waals surface area contributed by atoms with Crippen molar-refractivity contribution >= 4 is 17.4 Å². The Kier molecular flexibility index (Phi) is 4.49. The highest BCUT2D eigenvalue weighted by Crippen LogP contribution is 2.35. The van der Waals surface area contributed by atoms with Gasteiger partial charge in [0.05, 0.1) is 5.92 Å². The molecule has 0 aliphatic carbocycles. The number of rotatable bonds is 2. The van der Waals surface area contributed by atoms with Crippen LogP contribution in [-0.4, -0.2) is 34.2 Å². The molecule has 128 valence electrons. The lowest BCUT2D eigenvalue weighted by atomic mass is 9.97. The summed E-state index contributed by atoms with van der Waals surface area (Å²) in [5.41, 5.74) is 0.0204. The molecule has 3 rings (SSSR count). The minimum absolute atomic E-state index is 0.0675. The molecule has 9 heteroatoms. The molecule has 1 atom stereocenters. The Morgan fingerprint density at radius 2 is 2.00 bits per heavy atom. The van der Waals surface area contributed by atoms with Crippen molar-refractivity contribution in [3.8, 4) is 11.4 Å². The molecule has 1 fully saturated rings.